The highest BCUT2D eigenvalue weighted by molar-refractivity contribution is 7.46. The van der Waals surface area contributed by atoms with E-state index in [4.69, 9.17) is 19.6 Å². The van der Waals surface area contributed by atoms with Crippen LogP contribution >= 0.6 is 7.82 Å². The van der Waals surface area contributed by atoms with E-state index in [1.165, 1.54) is 0 Å². The van der Waals surface area contributed by atoms with Crippen LogP contribution in [0.2, 0.25) is 0 Å². The van der Waals surface area contributed by atoms with E-state index in [1.807, 2.05) is 0 Å². The van der Waals surface area contributed by atoms with E-state index in [9.17, 15) is 19.9 Å². The van der Waals surface area contributed by atoms with Crippen LogP contribution in [-0.2, 0) is 13.8 Å². The first-order valence-electron chi connectivity index (χ1n) is 4.75. The van der Waals surface area contributed by atoms with Crippen molar-refractivity contribution in [3.05, 3.63) is 0 Å². The smallest absolute Gasteiger partial charge is 0.391 e. The van der Waals surface area contributed by atoms with Gasteiger partial charge in [-0.2, -0.15) is 0 Å². The van der Waals surface area contributed by atoms with Crippen LogP contribution in [0.15, 0.2) is 0 Å². The molecule has 0 aromatic rings. The van der Waals surface area contributed by atoms with Gasteiger partial charge in [-0.05, 0) is 0 Å². The molecule has 10 heteroatoms. The van der Waals surface area contributed by atoms with E-state index < -0.39 is 45.1 Å². The molecule has 0 radical (unpaired) electrons. The molecule has 1 fully saturated rings. The first-order valence-corrected chi connectivity index (χ1v) is 6.28. The van der Waals surface area contributed by atoms with Gasteiger partial charge in [0.15, 0.2) is 0 Å². The second kappa shape index (κ2) is 5.27. The minimum Gasteiger partial charge on any atom is -0.391 e. The normalized spacial score (nSPS) is 39.3. The number of phosphoric ester groups is 1. The van der Waals surface area contributed by atoms with E-state index in [1.54, 1.807) is 0 Å². The van der Waals surface area contributed by atoms with Crippen molar-refractivity contribution >= 4 is 7.82 Å². The number of hydrogen-bond acceptors (Lipinski definition) is 7. The average molecular weight is 274 g/mol. The lowest BCUT2D eigenvalue weighted by atomic mass is 9.96. The van der Waals surface area contributed by atoms with Crippen LogP contribution in [0.25, 0.3) is 0 Å². The average Bonchev–Trinajstić information content (AvgIpc) is 2.20. The lowest BCUT2D eigenvalue weighted by Gasteiger charge is -2.41. The third kappa shape index (κ3) is 3.95. The van der Waals surface area contributed by atoms with Crippen LogP contribution < -0.4 is 0 Å². The zero-order valence-corrected chi connectivity index (χ0v) is 9.60. The lowest BCUT2D eigenvalue weighted by Crippen LogP contribution is -2.59. The fourth-order valence-corrected chi connectivity index (χ4v) is 1.78. The molecule has 1 saturated heterocycles. The summed E-state index contributed by atoms with van der Waals surface area (Å²) in [4.78, 5) is 16.9. The minimum absolute atomic E-state index is 0.313. The van der Waals surface area contributed by atoms with Crippen molar-refractivity contribution in [1.29, 1.82) is 0 Å². The van der Waals surface area contributed by atoms with Crippen molar-refractivity contribution in [2.45, 2.75) is 30.5 Å². The summed E-state index contributed by atoms with van der Waals surface area (Å²) in [5.74, 6) is -2.28. The van der Waals surface area contributed by atoms with Crippen LogP contribution in [0.4, 0.5) is 0 Å². The topological polar surface area (TPSA) is 157 Å². The maximum absolute atomic E-state index is 10.4. The summed E-state index contributed by atoms with van der Waals surface area (Å²) in [6.07, 6.45) is -4.35. The van der Waals surface area contributed by atoms with Gasteiger partial charge < -0.3 is 34.9 Å². The van der Waals surface area contributed by atoms with Gasteiger partial charge in [-0.25, -0.2) is 4.57 Å². The predicted octanol–water partition coefficient (Wildman–Crippen LogP) is -2.71. The Kier molecular flexibility index (Phi) is 4.64. The number of aliphatic hydroxyl groups is 4. The molecule has 1 aliphatic rings. The first-order chi connectivity index (χ1) is 7.68. The quantitative estimate of drug-likeness (QED) is 0.300. The molecule has 17 heavy (non-hydrogen) atoms. The van der Waals surface area contributed by atoms with Gasteiger partial charge in [0.05, 0.1) is 19.3 Å². The Hall–Kier alpha value is -0.0900. The van der Waals surface area contributed by atoms with Gasteiger partial charge in [-0.3, -0.25) is 4.52 Å². The Labute approximate surface area is 96.5 Å². The van der Waals surface area contributed by atoms with Crippen molar-refractivity contribution in [1.82, 2.24) is 0 Å². The Balaban J connectivity index is 2.63. The van der Waals surface area contributed by atoms with E-state index >= 15 is 0 Å². The van der Waals surface area contributed by atoms with E-state index in [0.29, 0.717) is 0 Å². The maximum atomic E-state index is 10.4. The van der Waals surface area contributed by atoms with Gasteiger partial charge in [0.2, 0.25) is 5.79 Å². The monoisotopic (exact) mass is 274 g/mol. The minimum atomic E-state index is -4.72. The number of phosphoric acid groups is 1. The highest BCUT2D eigenvalue weighted by Gasteiger charge is 2.47. The molecule has 0 saturated carbocycles. The molecule has 0 amide bonds. The standard InChI is InChI=1S/C7H15O9P/c8-3-7(11)6(10)1-4(9)5(16-7)2-15-17(12,13)14/h4-6,8-11H,1-3H2,(H2,12,13,14)/t4?,5-,6?,7+/m1/s1. The van der Waals surface area contributed by atoms with Crippen LogP contribution in [0.1, 0.15) is 6.42 Å². The zero-order chi connectivity index (χ0) is 13.3. The molecule has 0 bridgehead atoms. The molecule has 1 rings (SSSR count). The van der Waals surface area contributed by atoms with Crippen molar-refractivity contribution in [3.8, 4) is 0 Å². The van der Waals surface area contributed by atoms with Crippen molar-refractivity contribution in [2.24, 2.45) is 0 Å². The maximum Gasteiger partial charge on any atom is 0.469 e. The highest BCUT2D eigenvalue weighted by atomic mass is 31.2. The van der Waals surface area contributed by atoms with Crippen LogP contribution in [0, 0.1) is 0 Å². The van der Waals surface area contributed by atoms with Gasteiger partial charge in [0.25, 0.3) is 0 Å². The van der Waals surface area contributed by atoms with Gasteiger partial charge in [-0.15, -0.1) is 0 Å². The van der Waals surface area contributed by atoms with Gasteiger partial charge in [0.1, 0.15) is 12.2 Å². The molecular formula is C7H15O9P. The summed E-state index contributed by atoms with van der Waals surface area (Å²) in [6.45, 7) is -1.60. The summed E-state index contributed by atoms with van der Waals surface area (Å²) >= 11 is 0. The molecule has 6 N–H and O–H groups in total. The summed E-state index contributed by atoms with van der Waals surface area (Å²) in [7, 11) is -4.72. The van der Waals surface area contributed by atoms with Crippen molar-refractivity contribution < 1.29 is 44.0 Å². The third-order valence-electron chi connectivity index (χ3n) is 2.40. The van der Waals surface area contributed by atoms with Crippen molar-refractivity contribution in [3.63, 3.8) is 0 Å². The van der Waals surface area contributed by atoms with Crippen LogP contribution in [0.5, 0.6) is 0 Å². The molecule has 1 heterocycles. The summed E-state index contributed by atoms with van der Waals surface area (Å²) < 4.78 is 19.3. The summed E-state index contributed by atoms with van der Waals surface area (Å²) in [5.41, 5.74) is 0. The number of hydrogen-bond donors (Lipinski definition) is 6. The summed E-state index contributed by atoms with van der Waals surface area (Å²) in [5, 5.41) is 37.2. The molecule has 9 nitrogen and oxygen atoms in total. The molecule has 102 valence electrons. The van der Waals surface area contributed by atoms with Crippen LogP contribution in [-0.4, -0.2) is 67.5 Å². The van der Waals surface area contributed by atoms with Crippen LogP contribution in [0.3, 0.4) is 0 Å². The Morgan fingerprint density at radius 2 is 2.00 bits per heavy atom. The fraction of sp³-hybridized carbons (Fsp3) is 1.00. The largest absolute Gasteiger partial charge is 0.469 e. The number of aliphatic hydroxyl groups excluding tert-OH is 3. The predicted molar refractivity (Wildman–Crippen MR) is 51.5 cm³/mol. The number of rotatable bonds is 4. The Morgan fingerprint density at radius 3 is 2.47 bits per heavy atom. The third-order valence-corrected chi connectivity index (χ3v) is 2.89. The van der Waals surface area contributed by atoms with E-state index in [2.05, 4.69) is 4.52 Å². The van der Waals surface area contributed by atoms with E-state index in [-0.39, 0.29) is 6.42 Å². The van der Waals surface area contributed by atoms with Gasteiger partial charge in [0, 0.05) is 6.42 Å². The second-order valence-electron chi connectivity index (χ2n) is 3.76. The molecule has 4 atom stereocenters. The molecule has 1 aliphatic heterocycles. The molecule has 0 spiro atoms. The first kappa shape index (κ1) is 15.0. The van der Waals surface area contributed by atoms with E-state index in [0.717, 1.165) is 0 Å². The molecular weight excluding hydrogens is 259 g/mol. The van der Waals surface area contributed by atoms with Gasteiger partial charge >= 0.3 is 7.82 Å². The molecule has 0 aromatic carbocycles. The molecule has 2 unspecified atom stereocenters. The summed E-state index contributed by atoms with van der Waals surface area (Å²) in [6, 6.07) is 0. The molecule has 0 aliphatic carbocycles. The second-order valence-corrected chi connectivity index (χ2v) is 5.00. The Bertz CT molecular complexity index is 304. The highest BCUT2D eigenvalue weighted by Crippen LogP contribution is 2.37. The SMILES string of the molecule is O=P(O)(O)OC[C@H]1O[C@@](O)(CO)C(O)CC1O. The van der Waals surface area contributed by atoms with Gasteiger partial charge in [-0.1, -0.05) is 0 Å². The molecule has 0 aromatic heterocycles. The van der Waals surface area contributed by atoms with Crippen molar-refractivity contribution in [2.75, 3.05) is 13.2 Å². The lowest BCUT2D eigenvalue weighted by molar-refractivity contribution is -0.333. The zero-order valence-electron chi connectivity index (χ0n) is 8.71. The fourth-order valence-electron chi connectivity index (χ4n) is 1.44. The number of ether oxygens (including phenoxy) is 1. The Morgan fingerprint density at radius 1 is 1.41 bits per heavy atom.